The van der Waals surface area contributed by atoms with Crippen LogP contribution in [0.5, 0.6) is 5.75 Å². The third kappa shape index (κ3) is 3.78. The Labute approximate surface area is 213 Å². The zero-order valence-corrected chi connectivity index (χ0v) is 20.9. The highest BCUT2D eigenvalue weighted by Gasteiger charge is 2.65. The standard InChI is InChI=1S/C25H28N2O8S/c1-4-34-15(36)10-35-21-18(24(26)32)23(31)25(33)13(19(21)27(2)3)9-12-8-11-6-5-7-14(28)16(11)20(29)17(12)22(25)30/h5-7,12-13,19,28-29,33H,4,8-10H2,1-3H3,(H2,26,32)/t12-,13-,19-,25-/m0/s1. The molecule has 0 saturated heterocycles. The smallest absolute Gasteiger partial charge is 0.255 e. The average Bonchev–Trinajstić information content (AvgIpc) is 2.79. The van der Waals surface area contributed by atoms with E-state index >= 15 is 0 Å². The van der Waals surface area contributed by atoms with Crippen molar-refractivity contribution < 1.29 is 39.2 Å². The number of ketones is 2. The van der Waals surface area contributed by atoms with Crippen LogP contribution in [0.3, 0.4) is 0 Å². The highest BCUT2D eigenvalue weighted by Crippen LogP contribution is 2.52. The second-order valence-corrected chi connectivity index (χ2v) is 9.80. The quantitative estimate of drug-likeness (QED) is 0.242. The summed E-state index contributed by atoms with van der Waals surface area (Å²) in [6.07, 6.45) is 0.410. The molecule has 1 amide bonds. The van der Waals surface area contributed by atoms with E-state index in [0.29, 0.717) is 18.6 Å². The van der Waals surface area contributed by atoms with Gasteiger partial charge >= 0.3 is 0 Å². The average molecular weight is 517 g/mol. The fourth-order valence-electron chi connectivity index (χ4n) is 5.66. The van der Waals surface area contributed by atoms with E-state index in [1.54, 1.807) is 38.1 Å². The number of amides is 1. The van der Waals surface area contributed by atoms with Crippen molar-refractivity contribution in [1.82, 2.24) is 4.90 Å². The molecule has 192 valence electrons. The number of carbonyl (C=O) groups excluding carboxylic acids is 3. The summed E-state index contributed by atoms with van der Waals surface area (Å²) in [5, 5.41) is 33.2. The van der Waals surface area contributed by atoms with Crippen molar-refractivity contribution in [2.24, 2.45) is 17.6 Å². The number of benzene rings is 1. The summed E-state index contributed by atoms with van der Waals surface area (Å²) in [5.74, 6) is -5.75. The molecular formula is C25H28N2O8S. The van der Waals surface area contributed by atoms with Crippen LogP contribution < -0.4 is 5.73 Å². The summed E-state index contributed by atoms with van der Waals surface area (Å²) < 4.78 is 11.0. The minimum atomic E-state index is -2.67. The molecule has 10 nitrogen and oxygen atoms in total. The lowest BCUT2D eigenvalue weighted by Crippen LogP contribution is -2.67. The van der Waals surface area contributed by atoms with Gasteiger partial charge in [-0.05, 0) is 63.6 Å². The first kappa shape index (κ1) is 25.8. The van der Waals surface area contributed by atoms with Crippen LogP contribution in [0.4, 0.5) is 0 Å². The predicted molar refractivity (Wildman–Crippen MR) is 132 cm³/mol. The molecule has 3 aliphatic carbocycles. The predicted octanol–water partition coefficient (Wildman–Crippen LogP) is 0.786. The highest BCUT2D eigenvalue weighted by molar-refractivity contribution is 7.80. The van der Waals surface area contributed by atoms with E-state index in [1.807, 2.05) is 0 Å². The van der Waals surface area contributed by atoms with Gasteiger partial charge in [-0.15, -0.1) is 0 Å². The molecule has 5 N–H and O–H groups in total. The lowest BCUT2D eigenvalue weighted by atomic mass is 9.57. The second-order valence-electron chi connectivity index (χ2n) is 9.35. The van der Waals surface area contributed by atoms with Crippen LogP contribution in [-0.2, 0) is 30.3 Å². The molecule has 1 fully saturated rings. The number of ether oxygens (including phenoxy) is 2. The Morgan fingerprint density at radius 1 is 1.25 bits per heavy atom. The number of phenols is 1. The molecule has 4 rings (SSSR count). The Bertz CT molecular complexity index is 1240. The molecule has 4 atom stereocenters. The molecule has 1 aromatic carbocycles. The number of hydrogen-bond donors (Lipinski definition) is 4. The molecular weight excluding hydrogens is 488 g/mol. The molecule has 1 saturated carbocycles. The summed E-state index contributed by atoms with van der Waals surface area (Å²) in [6, 6.07) is 3.85. The first-order valence-corrected chi connectivity index (χ1v) is 11.9. The van der Waals surface area contributed by atoms with Crippen LogP contribution in [0.1, 0.15) is 24.5 Å². The number of thiocarbonyl (C=S) groups is 1. The van der Waals surface area contributed by atoms with Gasteiger partial charge < -0.3 is 30.5 Å². The van der Waals surface area contributed by atoms with Gasteiger partial charge in [-0.1, -0.05) is 12.1 Å². The fourth-order valence-corrected chi connectivity index (χ4v) is 5.83. The van der Waals surface area contributed by atoms with Crippen LogP contribution in [0.25, 0.3) is 5.76 Å². The van der Waals surface area contributed by atoms with Crippen molar-refractivity contribution in [2.75, 3.05) is 27.3 Å². The summed E-state index contributed by atoms with van der Waals surface area (Å²) >= 11 is 5.11. The van der Waals surface area contributed by atoms with Crippen molar-refractivity contribution in [3.8, 4) is 5.75 Å². The molecule has 3 aliphatic rings. The fraction of sp³-hybridized carbons (Fsp3) is 0.440. The Kier molecular flexibility index (Phi) is 6.67. The number of primary amides is 1. The van der Waals surface area contributed by atoms with Crippen molar-refractivity contribution in [3.05, 3.63) is 46.2 Å². The number of Topliss-reactive ketones (excluding diaryl/α,β-unsaturated/α-hetero) is 2. The second kappa shape index (κ2) is 9.30. The van der Waals surface area contributed by atoms with Crippen molar-refractivity contribution in [1.29, 1.82) is 0 Å². The number of aliphatic hydroxyl groups is 2. The van der Waals surface area contributed by atoms with Gasteiger partial charge in [-0.25, -0.2) is 0 Å². The van der Waals surface area contributed by atoms with Crippen LogP contribution in [-0.4, -0.2) is 81.7 Å². The van der Waals surface area contributed by atoms with E-state index < -0.39 is 52.3 Å². The van der Waals surface area contributed by atoms with Gasteiger partial charge in [0.1, 0.15) is 22.8 Å². The number of carbonyl (C=O) groups is 3. The third-order valence-corrected chi connectivity index (χ3v) is 7.32. The SMILES string of the molecule is CCOC(=S)COC1=C(C(N)=O)C(=O)[C@@]2(O)C(=O)C3=C(O)c4c(O)cccc4C[C@H]3C[C@H]2[C@@H]1N(C)C. The van der Waals surface area contributed by atoms with Crippen LogP contribution in [0, 0.1) is 11.8 Å². The highest BCUT2D eigenvalue weighted by atomic mass is 32.1. The minimum Gasteiger partial charge on any atom is -0.507 e. The zero-order chi connectivity index (χ0) is 26.5. The first-order valence-electron chi connectivity index (χ1n) is 11.5. The van der Waals surface area contributed by atoms with Gasteiger partial charge in [0.25, 0.3) is 5.91 Å². The molecule has 11 heteroatoms. The topological polar surface area (TPSA) is 160 Å². The summed E-state index contributed by atoms with van der Waals surface area (Å²) in [7, 11) is 3.32. The number of aromatic hydroxyl groups is 1. The van der Waals surface area contributed by atoms with Crippen LogP contribution >= 0.6 is 12.2 Å². The lowest BCUT2D eigenvalue weighted by Gasteiger charge is -2.50. The van der Waals surface area contributed by atoms with Crippen molar-refractivity contribution in [2.45, 2.75) is 31.4 Å². The van der Waals surface area contributed by atoms with E-state index in [4.69, 9.17) is 27.4 Å². The summed E-state index contributed by atoms with van der Waals surface area (Å²) in [4.78, 5) is 41.5. The van der Waals surface area contributed by atoms with E-state index in [9.17, 15) is 29.7 Å². The number of nitrogens with zero attached hydrogens (tertiary/aromatic N) is 1. The van der Waals surface area contributed by atoms with Gasteiger partial charge in [-0.3, -0.25) is 19.3 Å². The number of likely N-dealkylation sites (N-methyl/N-ethyl adjacent to an activating group) is 1. The monoisotopic (exact) mass is 516 g/mol. The zero-order valence-electron chi connectivity index (χ0n) is 20.1. The van der Waals surface area contributed by atoms with E-state index in [0.717, 1.165) is 0 Å². The molecule has 0 heterocycles. The van der Waals surface area contributed by atoms with E-state index in [2.05, 4.69) is 0 Å². The molecule has 0 bridgehead atoms. The van der Waals surface area contributed by atoms with E-state index in [1.165, 1.54) is 6.07 Å². The number of aliphatic hydroxyl groups excluding tert-OH is 1. The van der Waals surface area contributed by atoms with Crippen LogP contribution in [0.15, 0.2) is 35.1 Å². The Hall–Kier alpha value is -3.28. The maximum atomic E-state index is 13.8. The summed E-state index contributed by atoms with van der Waals surface area (Å²) in [6.45, 7) is 1.80. The Morgan fingerprint density at radius 2 is 1.94 bits per heavy atom. The van der Waals surface area contributed by atoms with Crippen LogP contribution in [0.2, 0.25) is 0 Å². The van der Waals surface area contributed by atoms with Gasteiger partial charge in [0.05, 0.1) is 18.2 Å². The summed E-state index contributed by atoms with van der Waals surface area (Å²) in [5.41, 5.74) is 2.80. The number of rotatable bonds is 6. The maximum absolute atomic E-state index is 13.8. The lowest BCUT2D eigenvalue weighted by molar-refractivity contribution is -0.162. The normalized spacial score (nSPS) is 27.4. The largest absolute Gasteiger partial charge is 0.507 e. The number of hydrogen-bond acceptors (Lipinski definition) is 10. The van der Waals surface area contributed by atoms with Gasteiger partial charge in [0, 0.05) is 11.5 Å². The minimum absolute atomic E-state index is 0.0886. The molecule has 0 radical (unpaired) electrons. The number of phenolic OH excluding ortho intramolecular Hbond substituents is 1. The first-order chi connectivity index (χ1) is 16.9. The molecule has 0 spiro atoms. The van der Waals surface area contributed by atoms with Gasteiger partial charge in [0.2, 0.25) is 11.6 Å². The number of fused-ring (bicyclic) bond motifs is 3. The Balaban J connectivity index is 1.88. The molecule has 0 aromatic heterocycles. The maximum Gasteiger partial charge on any atom is 0.255 e. The molecule has 36 heavy (non-hydrogen) atoms. The third-order valence-electron chi connectivity index (χ3n) is 7.08. The van der Waals surface area contributed by atoms with Gasteiger partial charge in [-0.2, -0.15) is 0 Å². The van der Waals surface area contributed by atoms with Gasteiger partial charge in [0.15, 0.2) is 17.3 Å². The Morgan fingerprint density at radius 3 is 2.56 bits per heavy atom. The van der Waals surface area contributed by atoms with Crippen molar-refractivity contribution in [3.63, 3.8) is 0 Å². The molecule has 0 unspecified atom stereocenters. The van der Waals surface area contributed by atoms with E-state index in [-0.39, 0.29) is 40.7 Å². The number of nitrogens with two attached hydrogens (primary N) is 1. The molecule has 1 aromatic rings. The van der Waals surface area contributed by atoms with Crippen molar-refractivity contribution >= 4 is 40.5 Å². The molecule has 0 aliphatic heterocycles.